The number of aromatic nitrogens is 1. The van der Waals surface area contributed by atoms with E-state index in [-0.39, 0.29) is 0 Å². The van der Waals surface area contributed by atoms with Gasteiger partial charge in [-0.25, -0.2) is 8.78 Å². The van der Waals surface area contributed by atoms with Gasteiger partial charge in [0.25, 0.3) is 6.43 Å². The highest BCUT2D eigenvalue weighted by molar-refractivity contribution is 5.46. The molecule has 1 heterocycles. The van der Waals surface area contributed by atoms with Crippen molar-refractivity contribution in [3.8, 4) is 0 Å². The summed E-state index contributed by atoms with van der Waals surface area (Å²) in [6.45, 7) is 0. The van der Waals surface area contributed by atoms with Crippen LogP contribution in [0.25, 0.3) is 0 Å². The number of nitrogens with one attached hydrogen (secondary N) is 1. The average Bonchev–Trinajstić information content (AvgIpc) is 2.02. The molecule has 14 heavy (non-hydrogen) atoms. The molecule has 0 aliphatic rings. The summed E-state index contributed by atoms with van der Waals surface area (Å²) in [5.41, 5.74) is 2.23. The summed E-state index contributed by atoms with van der Waals surface area (Å²) in [5.74, 6) is -0.560. The third-order valence-corrected chi connectivity index (χ3v) is 1.52. The van der Waals surface area contributed by atoms with E-state index in [0.29, 0.717) is 6.07 Å². The quantitative estimate of drug-likeness (QED) is 0.550. The van der Waals surface area contributed by atoms with Crippen LogP contribution in [-0.2, 0) is 0 Å². The molecule has 3 N–H and O–H groups in total. The third kappa shape index (κ3) is 1.68. The number of halogens is 2. The highest BCUT2D eigenvalue weighted by Crippen LogP contribution is 2.24. The van der Waals surface area contributed by atoms with Crippen molar-refractivity contribution in [1.29, 1.82) is 0 Å². The zero-order valence-corrected chi connectivity index (χ0v) is 6.66. The van der Waals surface area contributed by atoms with Crippen LogP contribution in [0.3, 0.4) is 0 Å². The number of aromatic amines is 1. The minimum absolute atomic E-state index is 0.471. The van der Waals surface area contributed by atoms with Crippen molar-refractivity contribution in [1.82, 2.24) is 4.98 Å². The monoisotopic (exact) mass is 205 g/mol. The van der Waals surface area contributed by atoms with Gasteiger partial charge in [-0.2, -0.15) is 0 Å². The number of rotatable bonds is 2. The smallest absolute Gasteiger partial charge is 0.334 e. The van der Waals surface area contributed by atoms with Gasteiger partial charge in [-0.05, 0) is 0 Å². The normalized spacial score (nSPS) is 10.5. The molecule has 6 nitrogen and oxygen atoms in total. The van der Waals surface area contributed by atoms with Crippen molar-refractivity contribution in [3.63, 3.8) is 0 Å². The molecule has 76 valence electrons. The van der Waals surface area contributed by atoms with Gasteiger partial charge in [0.15, 0.2) is 0 Å². The molecule has 0 amide bonds. The van der Waals surface area contributed by atoms with Crippen LogP contribution < -0.4 is 11.3 Å². The number of hydrogen-bond donors (Lipinski definition) is 2. The zero-order chi connectivity index (χ0) is 10.9. The van der Waals surface area contributed by atoms with Crippen LogP contribution in [0.2, 0.25) is 0 Å². The van der Waals surface area contributed by atoms with Crippen LogP contribution in [0.15, 0.2) is 10.9 Å². The van der Waals surface area contributed by atoms with E-state index in [2.05, 4.69) is 0 Å². The first-order chi connectivity index (χ1) is 6.43. The lowest BCUT2D eigenvalue weighted by Crippen LogP contribution is -2.15. The van der Waals surface area contributed by atoms with Crippen molar-refractivity contribution in [2.45, 2.75) is 6.43 Å². The van der Waals surface area contributed by atoms with E-state index in [4.69, 9.17) is 5.73 Å². The fraction of sp³-hybridized carbons (Fsp3) is 0.167. The van der Waals surface area contributed by atoms with Crippen molar-refractivity contribution >= 4 is 11.5 Å². The average molecular weight is 205 g/mol. The van der Waals surface area contributed by atoms with Gasteiger partial charge in [0, 0.05) is 6.07 Å². The maximum atomic E-state index is 12.2. The number of pyridine rings is 1. The van der Waals surface area contributed by atoms with Crippen LogP contribution in [-0.4, -0.2) is 9.91 Å². The largest absolute Gasteiger partial charge is 0.385 e. The van der Waals surface area contributed by atoms with Gasteiger partial charge in [0.05, 0.1) is 10.5 Å². The maximum Gasteiger partial charge on any atom is 0.334 e. The fourth-order valence-electron chi connectivity index (χ4n) is 0.865. The Hall–Kier alpha value is -1.99. The molecule has 0 saturated heterocycles. The summed E-state index contributed by atoms with van der Waals surface area (Å²) >= 11 is 0. The molecule has 0 aliphatic heterocycles. The first-order valence-electron chi connectivity index (χ1n) is 3.38. The van der Waals surface area contributed by atoms with E-state index in [1.54, 1.807) is 4.98 Å². The van der Waals surface area contributed by atoms with E-state index in [1.807, 2.05) is 0 Å². The third-order valence-electron chi connectivity index (χ3n) is 1.52. The standard InChI is InChI=1S/C6H5F2N3O3/c7-4(8)2-1-3(11(13)14)6(12)10-5(2)9/h1,4H,(H3,9,10,12). The summed E-state index contributed by atoms with van der Waals surface area (Å²) < 4.78 is 24.4. The van der Waals surface area contributed by atoms with Crippen LogP contribution in [0.4, 0.5) is 20.3 Å². The Kier molecular flexibility index (Phi) is 2.45. The van der Waals surface area contributed by atoms with Crippen LogP contribution in [0, 0.1) is 10.1 Å². The number of alkyl halides is 2. The van der Waals surface area contributed by atoms with Crippen molar-refractivity contribution < 1.29 is 13.7 Å². The fourth-order valence-corrected chi connectivity index (χ4v) is 0.865. The second-order valence-electron chi connectivity index (χ2n) is 2.41. The number of nitro groups is 1. The van der Waals surface area contributed by atoms with Crippen LogP contribution in [0.5, 0.6) is 0 Å². The van der Waals surface area contributed by atoms with Gasteiger partial charge in [0.2, 0.25) is 0 Å². The summed E-state index contributed by atoms with van der Waals surface area (Å²) in [5, 5.41) is 10.2. The number of nitrogens with two attached hydrogens (primary N) is 1. The van der Waals surface area contributed by atoms with E-state index >= 15 is 0 Å². The Labute approximate surface area is 75.5 Å². The Bertz CT molecular complexity index is 429. The molecule has 1 aromatic rings. The van der Waals surface area contributed by atoms with Gasteiger partial charge < -0.3 is 10.7 Å². The molecule has 0 spiro atoms. The van der Waals surface area contributed by atoms with Gasteiger partial charge in [0.1, 0.15) is 5.82 Å². The Balaban J connectivity index is 3.42. The van der Waals surface area contributed by atoms with Crippen molar-refractivity contribution in [2.24, 2.45) is 0 Å². The highest BCUT2D eigenvalue weighted by Gasteiger charge is 2.20. The minimum Gasteiger partial charge on any atom is -0.385 e. The van der Waals surface area contributed by atoms with Crippen LogP contribution in [0.1, 0.15) is 12.0 Å². The van der Waals surface area contributed by atoms with Gasteiger partial charge in [-0.3, -0.25) is 14.9 Å². The first kappa shape index (κ1) is 10.1. The summed E-state index contributed by atoms with van der Waals surface area (Å²) in [6.07, 6.45) is -2.97. The number of nitrogen functional groups attached to an aromatic ring is 1. The number of hydrogen-bond acceptors (Lipinski definition) is 4. The molecular formula is C6H5F2N3O3. The summed E-state index contributed by atoms with van der Waals surface area (Å²) in [4.78, 5) is 21.8. The maximum absolute atomic E-state index is 12.2. The minimum atomic E-state index is -2.97. The lowest BCUT2D eigenvalue weighted by molar-refractivity contribution is -0.386. The predicted octanol–water partition coefficient (Wildman–Crippen LogP) is 0.803. The molecule has 0 unspecified atom stereocenters. The van der Waals surface area contributed by atoms with Gasteiger partial charge >= 0.3 is 11.2 Å². The Morgan fingerprint density at radius 2 is 2.14 bits per heavy atom. The molecule has 0 bridgehead atoms. The molecule has 0 atom stereocenters. The Morgan fingerprint density at radius 1 is 1.57 bits per heavy atom. The zero-order valence-electron chi connectivity index (χ0n) is 6.66. The lowest BCUT2D eigenvalue weighted by Gasteiger charge is -2.02. The van der Waals surface area contributed by atoms with E-state index in [9.17, 15) is 23.7 Å². The Morgan fingerprint density at radius 3 is 2.57 bits per heavy atom. The molecule has 0 fully saturated rings. The molecule has 0 aliphatic carbocycles. The summed E-state index contributed by atoms with van der Waals surface area (Å²) in [7, 11) is 0. The van der Waals surface area contributed by atoms with E-state index in [1.165, 1.54) is 0 Å². The van der Waals surface area contributed by atoms with Crippen molar-refractivity contribution in [3.05, 3.63) is 32.1 Å². The van der Waals surface area contributed by atoms with E-state index < -0.39 is 34.0 Å². The molecule has 0 radical (unpaired) electrons. The second-order valence-corrected chi connectivity index (χ2v) is 2.41. The predicted molar refractivity (Wildman–Crippen MR) is 43.1 cm³/mol. The topological polar surface area (TPSA) is 102 Å². The number of anilines is 1. The molecule has 0 saturated carbocycles. The first-order valence-corrected chi connectivity index (χ1v) is 3.38. The number of nitrogens with zero attached hydrogens (tertiary/aromatic N) is 1. The summed E-state index contributed by atoms with van der Waals surface area (Å²) in [6, 6.07) is 0.471. The van der Waals surface area contributed by atoms with Crippen LogP contribution >= 0.6 is 0 Å². The molecular weight excluding hydrogens is 200 g/mol. The van der Waals surface area contributed by atoms with Gasteiger partial charge in [-0.1, -0.05) is 0 Å². The van der Waals surface area contributed by atoms with Crippen molar-refractivity contribution in [2.75, 3.05) is 5.73 Å². The molecule has 1 rings (SSSR count). The molecule has 1 aromatic heterocycles. The lowest BCUT2D eigenvalue weighted by atomic mass is 10.2. The molecule has 0 aromatic carbocycles. The SMILES string of the molecule is Nc1[nH]c(=O)c([N+](=O)[O-])cc1C(F)F. The number of H-pyrrole nitrogens is 1. The second kappa shape index (κ2) is 3.40. The molecule has 8 heteroatoms. The highest BCUT2D eigenvalue weighted by atomic mass is 19.3. The van der Waals surface area contributed by atoms with E-state index in [0.717, 1.165) is 0 Å². The van der Waals surface area contributed by atoms with Gasteiger partial charge in [-0.15, -0.1) is 0 Å².